The Morgan fingerprint density at radius 1 is 1.13 bits per heavy atom. The largest absolute Gasteiger partial charge is 0.493 e. The van der Waals surface area contributed by atoms with Gasteiger partial charge in [-0.05, 0) is 43.3 Å². The van der Waals surface area contributed by atoms with Crippen LogP contribution in [0.15, 0.2) is 54.7 Å². The molecule has 1 aromatic heterocycles. The quantitative estimate of drug-likeness (QED) is 0.268. The van der Waals surface area contributed by atoms with Gasteiger partial charge in [-0.1, -0.05) is 17.7 Å². The maximum absolute atomic E-state index is 13.7. The molecule has 13 heteroatoms. The maximum atomic E-state index is 13.7. The lowest BCUT2D eigenvalue weighted by Crippen LogP contribution is -2.58. The van der Waals surface area contributed by atoms with Crippen molar-refractivity contribution in [2.75, 3.05) is 66.6 Å². The van der Waals surface area contributed by atoms with Crippen LogP contribution in [0, 0.1) is 18.3 Å². The fraction of sp³-hybridized carbons (Fsp3) is 0.441. The highest BCUT2D eigenvalue weighted by molar-refractivity contribution is 6.07. The number of amides is 3. The van der Waals surface area contributed by atoms with Crippen LogP contribution in [-0.2, 0) is 4.79 Å². The lowest BCUT2D eigenvalue weighted by Gasteiger charge is -2.42. The third-order valence-electron chi connectivity index (χ3n) is 8.61. The number of pyridine rings is 1. The number of nitriles is 1. The highest BCUT2D eigenvalue weighted by atomic mass is 19.3. The number of nitrogens with one attached hydrogen (secondary N) is 1. The van der Waals surface area contributed by atoms with Crippen LogP contribution in [0.5, 0.6) is 5.75 Å². The van der Waals surface area contributed by atoms with Gasteiger partial charge in [0.25, 0.3) is 17.7 Å². The molecule has 0 bridgehead atoms. The van der Waals surface area contributed by atoms with Gasteiger partial charge in [0.15, 0.2) is 0 Å². The molecule has 2 saturated heterocycles. The van der Waals surface area contributed by atoms with Crippen LogP contribution in [0.4, 0.5) is 8.78 Å². The number of rotatable bonds is 9. The number of aryl methyl sites for hydroxylation is 1. The van der Waals surface area contributed by atoms with Crippen LogP contribution in [0.1, 0.15) is 39.1 Å². The summed E-state index contributed by atoms with van der Waals surface area (Å²) in [6, 6.07) is 14.9. The number of aliphatic hydroxyl groups is 1. The predicted octanol–water partition coefficient (Wildman–Crippen LogP) is 3.01. The zero-order chi connectivity index (χ0) is 34.2. The van der Waals surface area contributed by atoms with Gasteiger partial charge in [0.2, 0.25) is 5.91 Å². The van der Waals surface area contributed by atoms with E-state index in [1.165, 1.54) is 12.3 Å². The number of hydrogen-bond acceptors (Lipinski definition) is 7. The van der Waals surface area contributed by atoms with Crippen molar-refractivity contribution < 1.29 is 37.5 Å². The van der Waals surface area contributed by atoms with Crippen LogP contribution in [-0.4, -0.2) is 121 Å². The molecule has 0 radical (unpaired) electrons. The van der Waals surface area contributed by atoms with E-state index in [2.05, 4.69) is 17.3 Å². The molecule has 2 fully saturated rings. The van der Waals surface area contributed by atoms with E-state index in [9.17, 15) is 23.2 Å². The molecule has 5 rings (SSSR count). The van der Waals surface area contributed by atoms with E-state index in [0.29, 0.717) is 41.9 Å². The van der Waals surface area contributed by atoms with Gasteiger partial charge >= 0.3 is 0 Å². The van der Waals surface area contributed by atoms with Crippen LogP contribution in [0.25, 0.3) is 10.9 Å². The standard InChI is InChI=1S/C33H36F2N6O4.CH4O/c1-23-4-6-24(7-5-23)32(44)39-12-15-41(2,16-13-39)14-3-17-45-26-8-9-29-28(18-26)27(10-11-37-29)31(43)38-21-30(42)40-22-33(34,35)19-25(40)20-36;1-2/h4-11,18,25H,3,12-17,19,21-22H2,1-2H3;2H,1H3/p+1. The smallest absolute Gasteiger partial charge is 0.268 e. The van der Waals surface area contributed by atoms with Gasteiger partial charge in [-0.2, -0.15) is 5.26 Å². The van der Waals surface area contributed by atoms with Gasteiger partial charge < -0.3 is 29.4 Å². The van der Waals surface area contributed by atoms with E-state index in [1.54, 1.807) is 24.3 Å². The monoisotopic (exact) mass is 651 g/mol. The van der Waals surface area contributed by atoms with Crippen LogP contribution >= 0.6 is 0 Å². The Morgan fingerprint density at radius 3 is 2.51 bits per heavy atom. The highest BCUT2D eigenvalue weighted by Gasteiger charge is 2.47. The molecule has 1 unspecified atom stereocenters. The molecule has 47 heavy (non-hydrogen) atoms. The fourth-order valence-electron chi connectivity index (χ4n) is 5.85. The minimum Gasteiger partial charge on any atom is -0.493 e. The normalized spacial score (nSPS) is 18.1. The number of likely N-dealkylation sites (tertiary alicyclic amines) is 1. The minimum atomic E-state index is -3.13. The minimum absolute atomic E-state index is 0.0684. The number of carbonyl (C=O) groups excluding carboxylic acids is 3. The number of likely N-dealkylation sites (N-methyl/N-ethyl adjacent to an activating group) is 1. The van der Waals surface area contributed by atoms with Gasteiger partial charge in [0.1, 0.15) is 11.8 Å². The van der Waals surface area contributed by atoms with Crippen molar-refractivity contribution in [1.29, 1.82) is 5.26 Å². The van der Waals surface area contributed by atoms with Crippen molar-refractivity contribution >= 4 is 28.6 Å². The molecule has 1 atom stereocenters. The SMILES string of the molecule is CO.Cc1ccc(C(=O)N2CC[N+](C)(CCCOc3ccc4nccc(C(=O)NCC(=O)N5CC(F)(F)CC5C#N)c4c3)CC2)cc1. The molecular weight excluding hydrogens is 610 g/mol. The van der Waals surface area contributed by atoms with E-state index in [0.717, 1.165) is 48.1 Å². The van der Waals surface area contributed by atoms with Crippen molar-refractivity contribution in [2.24, 2.45) is 0 Å². The van der Waals surface area contributed by atoms with Crippen molar-refractivity contribution in [3.05, 3.63) is 71.4 Å². The summed E-state index contributed by atoms with van der Waals surface area (Å²) in [4.78, 5) is 45.5. The first-order valence-electron chi connectivity index (χ1n) is 15.5. The number of aromatic nitrogens is 1. The van der Waals surface area contributed by atoms with Gasteiger partial charge in [-0.25, -0.2) is 8.78 Å². The first-order valence-corrected chi connectivity index (χ1v) is 15.5. The fourth-order valence-corrected chi connectivity index (χ4v) is 5.85. The van der Waals surface area contributed by atoms with Crippen molar-refractivity contribution in [3.63, 3.8) is 0 Å². The number of piperazine rings is 1. The van der Waals surface area contributed by atoms with Gasteiger partial charge in [0.05, 0.1) is 76.6 Å². The summed E-state index contributed by atoms with van der Waals surface area (Å²) in [6.07, 6.45) is 1.56. The van der Waals surface area contributed by atoms with E-state index in [1.807, 2.05) is 36.1 Å². The number of ether oxygens (including phenoxy) is 1. The number of benzene rings is 2. The predicted molar refractivity (Wildman–Crippen MR) is 171 cm³/mol. The number of alkyl halides is 2. The zero-order valence-corrected chi connectivity index (χ0v) is 26.9. The number of halogens is 2. The Labute approximate surface area is 272 Å². The van der Waals surface area contributed by atoms with Crippen molar-refractivity contribution in [3.8, 4) is 11.8 Å². The number of carbonyl (C=O) groups is 3. The molecule has 3 amide bonds. The molecule has 0 spiro atoms. The average molecular weight is 652 g/mol. The topological polar surface area (TPSA) is 136 Å². The Morgan fingerprint density at radius 2 is 1.83 bits per heavy atom. The van der Waals surface area contributed by atoms with Gasteiger partial charge in [0, 0.05) is 37.1 Å². The van der Waals surface area contributed by atoms with Gasteiger partial charge in [-0.15, -0.1) is 0 Å². The van der Waals surface area contributed by atoms with Crippen LogP contribution in [0.3, 0.4) is 0 Å². The number of fused-ring (bicyclic) bond motifs is 1. The summed E-state index contributed by atoms with van der Waals surface area (Å²) in [5, 5.41) is 19.2. The Bertz CT molecular complexity index is 1620. The van der Waals surface area contributed by atoms with E-state index < -0.39 is 43.3 Å². The second-order valence-electron chi connectivity index (χ2n) is 12.1. The summed E-state index contributed by atoms with van der Waals surface area (Å²) in [5.74, 6) is -3.81. The first kappa shape index (κ1) is 35.2. The second-order valence-corrected chi connectivity index (χ2v) is 12.1. The van der Waals surface area contributed by atoms with E-state index in [4.69, 9.17) is 15.1 Å². The number of hydrogen-bond donors (Lipinski definition) is 2. The number of quaternary nitrogens is 1. The van der Waals surface area contributed by atoms with E-state index >= 15 is 0 Å². The molecule has 250 valence electrons. The summed E-state index contributed by atoms with van der Waals surface area (Å²) in [6.45, 7) is 5.10. The number of aliphatic hydroxyl groups excluding tert-OH is 1. The van der Waals surface area contributed by atoms with Crippen molar-refractivity contribution in [1.82, 2.24) is 20.1 Å². The Kier molecular flexibility index (Phi) is 11.4. The third kappa shape index (κ3) is 8.78. The Hall–Kier alpha value is -4.67. The Balaban J connectivity index is 0.00000245. The van der Waals surface area contributed by atoms with Gasteiger partial charge in [-0.3, -0.25) is 19.4 Å². The maximum Gasteiger partial charge on any atom is 0.268 e. The molecule has 0 aliphatic carbocycles. The second kappa shape index (κ2) is 15.3. The van der Waals surface area contributed by atoms with Crippen molar-refractivity contribution in [2.45, 2.75) is 31.7 Å². The average Bonchev–Trinajstić information content (AvgIpc) is 3.41. The lowest BCUT2D eigenvalue weighted by molar-refractivity contribution is -0.913. The molecule has 11 nitrogen and oxygen atoms in total. The third-order valence-corrected chi connectivity index (χ3v) is 8.61. The molecular formula is C34H41F2N6O5+. The van der Waals surface area contributed by atoms with Crippen LogP contribution in [0.2, 0.25) is 0 Å². The first-order chi connectivity index (χ1) is 22.5. The zero-order valence-electron chi connectivity index (χ0n) is 26.9. The molecule has 2 aliphatic heterocycles. The van der Waals surface area contributed by atoms with E-state index in [-0.39, 0.29) is 11.5 Å². The lowest BCUT2D eigenvalue weighted by atomic mass is 10.1. The summed E-state index contributed by atoms with van der Waals surface area (Å²) in [7, 11) is 3.20. The molecule has 2 aliphatic rings. The molecule has 3 aromatic rings. The summed E-state index contributed by atoms with van der Waals surface area (Å²) < 4.78 is 34.3. The highest BCUT2D eigenvalue weighted by Crippen LogP contribution is 2.31. The summed E-state index contributed by atoms with van der Waals surface area (Å²) in [5.41, 5.74) is 2.66. The molecule has 2 N–H and O–H groups in total. The number of nitrogens with zero attached hydrogens (tertiary/aromatic N) is 5. The molecule has 0 saturated carbocycles. The van der Waals surface area contributed by atoms with Crippen LogP contribution < -0.4 is 10.1 Å². The molecule has 2 aromatic carbocycles. The molecule has 3 heterocycles. The summed E-state index contributed by atoms with van der Waals surface area (Å²) >= 11 is 0.